The Morgan fingerprint density at radius 3 is 2.62 bits per heavy atom. The number of hydrogen-bond acceptors (Lipinski definition) is 4. The first kappa shape index (κ1) is 16.2. The molecule has 0 spiro atoms. The zero-order valence-corrected chi connectivity index (χ0v) is 14.7. The summed E-state index contributed by atoms with van der Waals surface area (Å²) in [5.41, 5.74) is 1.48. The highest BCUT2D eigenvalue weighted by atomic mass is 127. The normalized spacial score (nSPS) is 16.3. The molecule has 1 aliphatic rings. The molecule has 0 bridgehead atoms. The molecule has 0 unspecified atom stereocenters. The minimum absolute atomic E-state index is 0.0646. The molecule has 2 aromatic rings. The molecule has 0 radical (unpaired) electrons. The van der Waals surface area contributed by atoms with Crippen molar-refractivity contribution in [1.29, 1.82) is 5.26 Å². The van der Waals surface area contributed by atoms with Crippen molar-refractivity contribution in [2.24, 2.45) is 0 Å². The number of furan rings is 1. The monoisotopic (exact) mass is 430 g/mol. The van der Waals surface area contributed by atoms with E-state index in [-0.39, 0.29) is 11.1 Å². The molecule has 0 saturated heterocycles. The average Bonchev–Trinajstić information content (AvgIpc) is 3.00. The summed E-state index contributed by atoms with van der Waals surface area (Å²) in [5.74, 6) is -0.0538. The summed E-state index contributed by atoms with van der Waals surface area (Å²) in [6, 6.07) is 13.2. The van der Waals surface area contributed by atoms with Crippen LogP contribution in [0.25, 0.3) is 17.4 Å². The number of carbonyl (C=O) groups excluding carboxylic acids is 2. The van der Waals surface area contributed by atoms with Crippen LogP contribution in [-0.2, 0) is 9.59 Å². The molecule has 1 aromatic heterocycles. The molecule has 0 saturated carbocycles. The second-order valence-corrected chi connectivity index (χ2v) is 6.30. The Morgan fingerprint density at radius 2 is 1.92 bits per heavy atom. The quantitative estimate of drug-likeness (QED) is 0.450. The molecule has 1 N–H and O–H groups in total. The van der Waals surface area contributed by atoms with E-state index in [1.807, 2.05) is 36.4 Å². The van der Waals surface area contributed by atoms with Gasteiger partial charge in [0.15, 0.2) is 0 Å². The van der Waals surface area contributed by atoms with Crippen molar-refractivity contribution >= 4 is 40.5 Å². The first-order valence-electron chi connectivity index (χ1n) is 7.04. The van der Waals surface area contributed by atoms with Gasteiger partial charge in [0.2, 0.25) is 0 Å². The number of nitrogens with one attached hydrogen (secondary N) is 1. The Morgan fingerprint density at radius 1 is 1.17 bits per heavy atom. The lowest BCUT2D eigenvalue weighted by Crippen LogP contribution is -2.37. The molecule has 0 atom stereocenters. The van der Waals surface area contributed by atoms with Crippen LogP contribution >= 0.6 is 22.6 Å². The molecule has 0 fully saturated rings. The van der Waals surface area contributed by atoms with Gasteiger partial charge in [-0.3, -0.25) is 14.9 Å². The fourth-order valence-corrected chi connectivity index (χ4v) is 3.05. The first-order chi connectivity index (χ1) is 11.5. The summed E-state index contributed by atoms with van der Waals surface area (Å²) in [5, 5.41) is 11.2. The van der Waals surface area contributed by atoms with Gasteiger partial charge in [-0.1, -0.05) is 18.2 Å². The van der Waals surface area contributed by atoms with E-state index in [4.69, 9.17) is 9.68 Å². The van der Waals surface area contributed by atoms with E-state index < -0.39 is 11.8 Å². The molecule has 1 aromatic carbocycles. The summed E-state index contributed by atoms with van der Waals surface area (Å²) < 4.78 is 6.84. The van der Waals surface area contributed by atoms with Crippen molar-refractivity contribution in [3.63, 3.8) is 0 Å². The van der Waals surface area contributed by atoms with Crippen LogP contribution in [0, 0.1) is 14.9 Å². The summed E-state index contributed by atoms with van der Waals surface area (Å²) in [4.78, 5) is 23.6. The number of nitrogens with zero attached hydrogens (tertiary/aromatic N) is 1. The van der Waals surface area contributed by atoms with Gasteiger partial charge in [-0.05, 0) is 59.4 Å². The van der Waals surface area contributed by atoms with Crippen molar-refractivity contribution in [3.8, 4) is 17.4 Å². The number of benzene rings is 1. The predicted molar refractivity (Wildman–Crippen MR) is 96.3 cm³/mol. The van der Waals surface area contributed by atoms with Crippen LogP contribution in [0.3, 0.4) is 0 Å². The Balaban J connectivity index is 2.03. The van der Waals surface area contributed by atoms with Crippen molar-refractivity contribution < 1.29 is 14.0 Å². The number of nitriles is 1. The molecule has 0 aliphatic carbocycles. The Bertz CT molecular complexity index is 961. The van der Waals surface area contributed by atoms with Crippen molar-refractivity contribution in [1.82, 2.24) is 5.32 Å². The fraction of sp³-hybridized carbons (Fsp3) is 0.0556. The van der Waals surface area contributed by atoms with Gasteiger partial charge in [0, 0.05) is 14.7 Å². The minimum atomic E-state index is -0.670. The van der Waals surface area contributed by atoms with Crippen LogP contribution in [0.2, 0.25) is 0 Å². The van der Waals surface area contributed by atoms with Gasteiger partial charge in [-0.15, -0.1) is 0 Å². The van der Waals surface area contributed by atoms with Gasteiger partial charge in [0.1, 0.15) is 23.2 Å². The fourth-order valence-electron chi connectivity index (χ4n) is 2.40. The third-order valence-electron chi connectivity index (χ3n) is 3.64. The highest BCUT2D eigenvalue weighted by molar-refractivity contribution is 14.1. The maximum atomic E-state index is 12.0. The second kappa shape index (κ2) is 6.45. The first-order valence-corrected chi connectivity index (χ1v) is 8.12. The number of rotatable bonds is 2. The lowest BCUT2D eigenvalue weighted by atomic mass is 9.96. The van der Waals surface area contributed by atoms with Gasteiger partial charge >= 0.3 is 0 Å². The molecule has 24 heavy (non-hydrogen) atoms. The third-order valence-corrected chi connectivity index (χ3v) is 4.58. The average molecular weight is 430 g/mol. The number of imide groups is 1. The maximum absolute atomic E-state index is 12.0. The van der Waals surface area contributed by atoms with E-state index >= 15 is 0 Å². The largest absolute Gasteiger partial charge is 0.457 e. The number of hydrogen-bond donors (Lipinski definition) is 1. The highest BCUT2D eigenvalue weighted by Gasteiger charge is 2.27. The molecule has 3 rings (SSSR count). The van der Waals surface area contributed by atoms with E-state index in [0.29, 0.717) is 17.1 Å². The van der Waals surface area contributed by atoms with Crippen LogP contribution in [0.15, 0.2) is 57.5 Å². The zero-order chi connectivity index (χ0) is 17.3. The molecule has 2 amide bonds. The molecule has 6 heteroatoms. The van der Waals surface area contributed by atoms with E-state index in [0.717, 1.165) is 9.13 Å². The Hall–Kier alpha value is -2.66. The topological polar surface area (TPSA) is 83.1 Å². The highest BCUT2D eigenvalue weighted by Crippen LogP contribution is 2.29. The molecule has 2 heterocycles. The number of amides is 2. The SMILES string of the molecule is CC1=C(C#N)C(=O)NC(=O)/C1=C/c1ccc(-c2ccccc2I)o1. The minimum Gasteiger partial charge on any atom is -0.457 e. The Kier molecular flexibility index (Phi) is 4.36. The van der Waals surface area contributed by atoms with Gasteiger partial charge in [-0.25, -0.2) is 0 Å². The molecular formula is C18H11IN2O3. The standard InChI is InChI=1S/C18H11IN2O3/c1-10-13(17(22)21-18(23)14(10)9-20)8-11-6-7-16(24-11)12-4-2-3-5-15(12)19/h2-8H,1H3,(H,21,22,23)/b13-8+. The summed E-state index contributed by atoms with van der Waals surface area (Å²) in [6.45, 7) is 1.57. The summed E-state index contributed by atoms with van der Waals surface area (Å²) in [7, 11) is 0. The lowest BCUT2D eigenvalue weighted by Gasteiger charge is -2.15. The zero-order valence-electron chi connectivity index (χ0n) is 12.6. The van der Waals surface area contributed by atoms with E-state index in [2.05, 4.69) is 27.9 Å². The smallest absolute Gasteiger partial charge is 0.269 e. The second-order valence-electron chi connectivity index (χ2n) is 5.13. The van der Waals surface area contributed by atoms with Gasteiger partial charge in [0.05, 0.1) is 0 Å². The maximum Gasteiger partial charge on any atom is 0.269 e. The number of halogens is 1. The van der Waals surface area contributed by atoms with Gasteiger partial charge < -0.3 is 4.42 Å². The number of carbonyl (C=O) groups is 2. The van der Waals surface area contributed by atoms with Crippen LogP contribution in [0.5, 0.6) is 0 Å². The van der Waals surface area contributed by atoms with Crippen LogP contribution in [0.1, 0.15) is 12.7 Å². The third kappa shape index (κ3) is 2.90. The molecule has 118 valence electrons. The lowest BCUT2D eigenvalue weighted by molar-refractivity contribution is -0.126. The van der Waals surface area contributed by atoms with Crippen molar-refractivity contribution in [2.45, 2.75) is 6.92 Å². The molecule has 1 aliphatic heterocycles. The Labute approximate surface area is 151 Å². The van der Waals surface area contributed by atoms with Crippen molar-refractivity contribution in [3.05, 3.63) is 62.4 Å². The van der Waals surface area contributed by atoms with Crippen molar-refractivity contribution in [2.75, 3.05) is 0 Å². The van der Waals surface area contributed by atoms with Crippen LogP contribution in [-0.4, -0.2) is 11.8 Å². The summed E-state index contributed by atoms with van der Waals surface area (Å²) in [6.07, 6.45) is 1.54. The van der Waals surface area contributed by atoms with E-state index in [1.165, 1.54) is 6.08 Å². The summed E-state index contributed by atoms with van der Waals surface area (Å²) >= 11 is 2.22. The molecule has 5 nitrogen and oxygen atoms in total. The van der Waals surface area contributed by atoms with Crippen LogP contribution < -0.4 is 5.32 Å². The molecular weight excluding hydrogens is 419 g/mol. The van der Waals surface area contributed by atoms with E-state index in [9.17, 15) is 9.59 Å². The van der Waals surface area contributed by atoms with E-state index in [1.54, 1.807) is 13.0 Å². The van der Waals surface area contributed by atoms with Crippen LogP contribution in [0.4, 0.5) is 0 Å². The van der Waals surface area contributed by atoms with Gasteiger partial charge in [-0.2, -0.15) is 5.26 Å². The predicted octanol–water partition coefficient (Wildman–Crippen LogP) is 3.43. The van der Waals surface area contributed by atoms with Gasteiger partial charge in [0.25, 0.3) is 11.8 Å².